The largest absolute Gasteiger partial charge is 0.479 e. The van der Waals surface area contributed by atoms with Gasteiger partial charge in [0, 0.05) is 30.4 Å². The first-order valence-corrected chi connectivity index (χ1v) is 10.1. The van der Waals surface area contributed by atoms with Crippen LogP contribution in [0.4, 0.5) is 23.2 Å². The molecule has 5 nitrogen and oxygen atoms in total. The lowest BCUT2D eigenvalue weighted by Crippen LogP contribution is -2.36. The fourth-order valence-corrected chi connectivity index (χ4v) is 3.30. The third-order valence-electron chi connectivity index (χ3n) is 5.04. The van der Waals surface area contributed by atoms with E-state index in [1.807, 2.05) is 12.1 Å². The highest BCUT2D eigenvalue weighted by Gasteiger charge is 2.21. The van der Waals surface area contributed by atoms with E-state index >= 15 is 0 Å². The molecule has 2 heterocycles. The van der Waals surface area contributed by atoms with Gasteiger partial charge >= 0.3 is 0 Å². The molecule has 33 heavy (non-hydrogen) atoms. The number of morpholine rings is 1. The summed E-state index contributed by atoms with van der Waals surface area (Å²) in [7, 11) is 0. The Bertz CT molecular complexity index is 1140. The van der Waals surface area contributed by atoms with Gasteiger partial charge in [0.15, 0.2) is 23.2 Å². The summed E-state index contributed by atoms with van der Waals surface area (Å²) in [6.07, 6.45) is 2.76. The molecule has 1 aliphatic heterocycles. The van der Waals surface area contributed by atoms with Crippen molar-refractivity contribution in [2.24, 2.45) is 0 Å². The van der Waals surface area contributed by atoms with Crippen molar-refractivity contribution in [3.8, 4) is 5.75 Å². The van der Waals surface area contributed by atoms with Gasteiger partial charge in [-0.1, -0.05) is 0 Å². The average molecular weight is 461 g/mol. The SMILES string of the molecule is O=C(/C=C/c1ccc(COc2c(F)c(F)cc(F)c2F)o1)c1ccc(N2CCOCC2)cc1. The lowest BCUT2D eigenvalue weighted by molar-refractivity contribution is 0.104. The molecule has 0 atom stereocenters. The summed E-state index contributed by atoms with van der Waals surface area (Å²) in [6, 6.07) is 10.3. The van der Waals surface area contributed by atoms with Gasteiger partial charge in [0.05, 0.1) is 13.2 Å². The van der Waals surface area contributed by atoms with Crippen LogP contribution in [0.1, 0.15) is 21.9 Å². The molecule has 0 radical (unpaired) electrons. The highest BCUT2D eigenvalue weighted by atomic mass is 19.2. The fourth-order valence-electron chi connectivity index (χ4n) is 3.30. The molecule has 2 aromatic carbocycles. The topological polar surface area (TPSA) is 51.9 Å². The van der Waals surface area contributed by atoms with Gasteiger partial charge in [-0.2, -0.15) is 8.78 Å². The van der Waals surface area contributed by atoms with Crippen molar-refractivity contribution >= 4 is 17.5 Å². The number of anilines is 1. The summed E-state index contributed by atoms with van der Waals surface area (Å²) < 4.78 is 69.4. The Balaban J connectivity index is 1.36. The summed E-state index contributed by atoms with van der Waals surface area (Å²) in [5.41, 5.74) is 1.51. The van der Waals surface area contributed by atoms with Crippen molar-refractivity contribution in [3.63, 3.8) is 0 Å². The fraction of sp³-hybridized carbons (Fsp3) is 0.208. The number of hydrogen-bond acceptors (Lipinski definition) is 5. The molecular weight excluding hydrogens is 442 g/mol. The number of furan rings is 1. The van der Waals surface area contributed by atoms with E-state index in [0.29, 0.717) is 24.5 Å². The van der Waals surface area contributed by atoms with Crippen LogP contribution >= 0.6 is 0 Å². The van der Waals surface area contributed by atoms with Crippen molar-refractivity contribution in [3.05, 3.63) is 88.9 Å². The molecule has 1 saturated heterocycles. The maximum absolute atomic E-state index is 13.7. The lowest BCUT2D eigenvalue weighted by atomic mass is 10.1. The number of ketones is 1. The number of ether oxygens (including phenoxy) is 2. The zero-order chi connectivity index (χ0) is 23.4. The quantitative estimate of drug-likeness (QED) is 0.211. The van der Waals surface area contributed by atoms with Crippen LogP contribution in [0.2, 0.25) is 0 Å². The van der Waals surface area contributed by atoms with Crippen molar-refractivity contribution < 1.29 is 36.2 Å². The zero-order valence-corrected chi connectivity index (χ0v) is 17.3. The Kier molecular flexibility index (Phi) is 6.79. The molecule has 172 valence electrons. The second-order valence-corrected chi connectivity index (χ2v) is 7.23. The van der Waals surface area contributed by atoms with Gasteiger partial charge in [-0.3, -0.25) is 4.79 Å². The maximum Gasteiger partial charge on any atom is 0.203 e. The van der Waals surface area contributed by atoms with Gasteiger partial charge < -0.3 is 18.8 Å². The molecule has 1 fully saturated rings. The Hall–Kier alpha value is -3.59. The van der Waals surface area contributed by atoms with E-state index in [1.165, 1.54) is 24.3 Å². The predicted octanol–water partition coefficient (Wildman–Crippen LogP) is 5.15. The molecule has 1 aromatic heterocycles. The first kappa shape index (κ1) is 22.6. The molecule has 0 N–H and O–H groups in total. The minimum absolute atomic E-state index is 0.0977. The van der Waals surface area contributed by atoms with Crippen LogP contribution in [0.5, 0.6) is 5.75 Å². The normalized spacial score (nSPS) is 14.1. The maximum atomic E-state index is 13.7. The number of benzene rings is 2. The van der Waals surface area contributed by atoms with Gasteiger partial charge in [-0.05, 0) is 48.6 Å². The van der Waals surface area contributed by atoms with E-state index < -0.39 is 35.6 Å². The van der Waals surface area contributed by atoms with Crippen LogP contribution in [0.15, 0.2) is 53.0 Å². The highest BCUT2D eigenvalue weighted by molar-refractivity contribution is 6.06. The minimum atomic E-state index is -1.63. The summed E-state index contributed by atoms with van der Waals surface area (Å²) in [4.78, 5) is 14.6. The number of hydrogen-bond donors (Lipinski definition) is 0. The molecule has 0 saturated carbocycles. The molecule has 0 unspecified atom stereocenters. The second-order valence-electron chi connectivity index (χ2n) is 7.23. The number of carbonyl (C=O) groups excluding carboxylic acids is 1. The van der Waals surface area contributed by atoms with Crippen LogP contribution in [0.3, 0.4) is 0 Å². The van der Waals surface area contributed by atoms with E-state index in [4.69, 9.17) is 13.9 Å². The van der Waals surface area contributed by atoms with Crippen molar-refractivity contribution in [1.82, 2.24) is 0 Å². The average Bonchev–Trinajstić information content (AvgIpc) is 3.30. The highest BCUT2D eigenvalue weighted by Crippen LogP contribution is 2.27. The van der Waals surface area contributed by atoms with Crippen LogP contribution in [-0.2, 0) is 11.3 Å². The number of nitrogens with zero attached hydrogens (tertiary/aromatic N) is 1. The first-order chi connectivity index (χ1) is 15.9. The number of allylic oxidation sites excluding steroid dienone is 1. The van der Waals surface area contributed by atoms with E-state index in [9.17, 15) is 22.4 Å². The van der Waals surface area contributed by atoms with Crippen molar-refractivity contribution in [1.29, 1.82) is 0 Å². The van der Waals surface area contributed by atoms with E-state index in [0.717, 1.165) is 18.8 Å². The Morgan fingerprint density at radius 3 is 2.30 bits per heavy atom. The van der Waals surface area contributed by atoms with Crippen LogP contribution in [0.25, 0.3) is 6.08 Å². The summed E-state index contributed by atoms with van der Waals surface area (Å²) in [5.74, 6) is -7.38. The molecule has 0 amide bonds. The van der Waals surface area contributed by atoms with Crippen LogP contribution in [-0.4, -0.2) is 32.1 Å². The lowest BCUT2D eigenvalue weighted by Gasteiger charge is -2.28. The van der Waals surface area contributed by atoms with Gasteiger partial charge in [-0.15, -0.1) is 0 Å². The van der Waals surface area contributed by atoms with E-state index in [-0.39, 0.29) is 17.6 Å². The van der Waals surface area contributed by atoms with Gasteiger partial charge in [0.25, 0.3) is 0 Å². The third-order valence-corrected chi connectivity index (χ3v) is 5.04. The third kappa shape index (κ3) is 5.25. The monoisotopic (exact) mass is 461 g/mol. The molecule has 0 aliphatic carbocycles. The number of rotatable bonds is 7. The Morgan fingerprint density at radius 1 is 0.970 bits per heavy atom. The zero-order valence-electron chi connectivity index (χ0n) is 17.3. The number of carbonyl (C=O) groups is 1. The van der Waals surface area contributed by atoms with Crippen molar-refractivity contribution in [2.45, 2.75) is 6.61 Å². The molecule has 0 bridgehead atoms. The van der Waals surface area contributed by atoms with Crippen LogP contribution < -0.4 is 9.64 Å². The summed E-state index contributed by atoms with van der Waals surface area (Å²) in [5, 5.41) is 0. The van der Waals surface area contributed by atoms with E-state index in [2.05, 4.69) is 4.90 Å². The molecule has 3 aromatic rings. The van der Waals surface area contributed by atoms with Crippen molar-refractivity contribution in [2.75, 3.05) is 31.2 Å². The smallest absolute Gasteiger partial charge is 0.203 e. The molecule has 1 aliphatic rings. The van der Waals surface area contributed by atoms with E-state index in [1.54, 1.807) is 12.1 Å². The predicted molar refractivity (Wildman–Crippen MR) is 112 cm³/mol. The Morgan fingerprint density at radius 2 is 1.64 bits per heavy atom. The van der Waals surface area contributed by atoms with Gasteiger partial charge in [0.1, 0.15) is 18.1 Å². The van der Waals surface area contributed by atoms with Gasteiger partial charge in [0.2, 0.25) is 11.6 Å². The first-order valence-electron chi connectivity index (χ1n) is 10.1. The summed E-state index contributed by atoms with van der Waals surface area (Å²) in [6.45, 7) is 2.46. The van der Waals surface area contributed by atoms with Gasteiger partial charge in [-0.25, -0.2) is 8.78 Å². The standard InChI is InChI=1S/C24H19F4NO4/c25-19-13-20(26)23(28)24(22(19)27)32-14-18-6-5-17(33-18)7-8-21(30)15-1-3-16(4-2-15)29-9-11-31-12-10-29/h1-8,13H,9-12,14H2/b8-7+. The molecule has 9 heteroatoms. The Labute approximate surface area is 186 Å². The molecular formula is C24H19F4NO4. The second kappa shape index (κ2) is 9.91. The molecule has 0 spiro atoms. The molecule has 4 rings (SSSR count). The summed E-state index contributed by atoms with van der Waals surface area (Å²) >= 11 is 0. The minimum Gasteiger partial charge on any atom is -0.479 e. The van der Waals surface area contributed by atoms with Crippen LogP contribution in [0, 0.1) is 23.3 Å². The number of halogens is 4.